The average Bonchev–Trinajstić information content (AvgIpc) is 3.07. The molecule has 1 saturated heterocycles. The minimum atomic E-state index is 0. The molecule has 2 aliphatic rings. The van der Waals surface area contributed by atoms with Gasteiger partial charge in [-0.3, -0.25) is 9.89 Å². The lowest BCUT2D eigenvalue weighted by molar-refractivity contribution is 0.138. The second-order valence-electron chi connectivity index (χ2n) is 7.68. The summed E-state index contributed by atoms with van der Waals surface area (Å²) >= 11 is 0. The molecule has 0 aromatic carbocycles. The van der Waals surface area contributed by atoms with Crippen molar-refractivity contribution in [1.29, 1.82) is 0 Å². The fourth-order valence-corrected chi connectivity index (χ4v) is 4.26. The number of hydrogen-bond acceptors (Lipinski definition) is 3. The Balaban J connectivity index is 0.00000312. The minimum absolute atomic E-state index is 0. The third-order valence-corrected chi connectivity index (χ3v) is 5.99. The van der Waals surface area contributed by atoms with Gasteiger partial charge in [0.15, 0.2) is 5.96 Å². The summed E-state index contributed by atoms with van der Waals surface area (Å²) in [4.78, 5) is 7.00. The van der Waals surface area contributed by atoms with Crippen LogP contribution in [-0.4, -0.2) is 63.8 Å². The lowest BCUT2D eigenvalue weighted by Gasteiger charge is -2.33. The number of nitrogens with one attached hydrogen (secondary N) is 2. The van der Waals surface area contributed by atoms with Crippen molar-refractivity contribution in [3.05, 3.63) is 0 Å². The Morgan fingerprint density at radius 3 is 2.60 bits per heavy atom. The molecule has 0 amide bonds. The number of halogens is 1. The highest BCUT2D eigenvalue weighted by atomic mass is 127. The number of rotatable bonds is 8. The minimum Gasteiger partial charge on any atom is -0.385 e. The Morgan fingerprint density at radius 2 is 1.96 bits per heavy atom. The van der Waals surface area contributed by atoms with Crippen LogP contribution < -0.4 is 10.6 Å². The van der Waals surface area contributed by atoms with Gasteiger partial charge in [-0.1, -0.05) is 19.3 Å². The van der Waals surface area contributed by atoms with Gasteiger partial charge in [0.2, 0.25) is 0 Å². The molecule has 25 heavy (non-hydrogen) atoms. The molecule has 1 unspecified atom stereocenters. The monoisotopic (exact) mass is 466 g/mol. The van der Waals surface area contributed by atoms with Crippen molar-refractivity contribution in [2.45, 2.75) is 64.3 Å². The van der Waals surface area contributed by atoms with E-state index in [1.807, 2.05) is 7.05 Å². The van der Waals surface area contributed by atoms with Crippen LogP contribution in [0.3, 0.4) is 0 Å². The molecule has 0 aromatic heterocycles. The van der Waals surface area contributed by atoms with Crippen molar-refractivity contribution in [2.75, 3.05) is 46.9 Å². The van der Waals surface area contributed by atoms with E-state index in [0.717, 1.165) is 44.7 Å². The Morgan fingerprint density at radius 1 is 1.20 bits per heavy atom. The number of aliphatic imine (C=N–C) groups is 1. The van der Waals surface area contributed by atoms with E-state index in [4.69, 9.17) is 4.74 Å². The lowest BCUT2D eigenvalue weighted by atomic mass is 9.83. The summed E-state index contributed by atoms with van der Waals surface area (Å²) in [5.74, 6) is 0.948. The smallest absolute Gasteiger partial charge is 0.191 e. The number of ether oxygens (including phenoxy) is 1. The molecule has 0 radical (unpaired) electrons. The molecule has 1 aliphatic heterocycles. The molecule has 0 aromatic rings. The lowest BCUT2D eigenvalue weighted by Crippen LogP contribution is -2.47. The quantitative estimate of drug-likeness (QED) is 0.328. The van der Waals surface area contributed by atoms with Gasteiger partial charge in [0.05, 0.1) is 0 Å². The third-order valence-electron chi connectivity index (χ3n) is 5.99. The van der Waals surface area contributed by atoms with Crippen LogP contribution in [0.25, 0.3) is 0 Å². The van der Waals surface area contributed by atoms with Crippen LogP contribution >= 0.6 is 24.0 Å². The summed E-state index contributed by atoms with van der Waals surface area (Å²) in [6.07, 6.45) is 10.6. The van der Waals surface area contributed by atoms with Gasteiger partial charge in [-0.05, 0) is 51.0 Å². The second kappa shape index (κ2) is 12.3. The van der Waals surface area contributed by atoms with Gasteiger partial charge in [-0.15, -0.1) is 24.0 Å². The van der Waals surface area contributed by atoms with E-state index in [2.05, 4.69) is 27.4 Å². The number of hydrogen-bond donors (Lipinski definition) is 2. The number of likely N-dealkylation sites (tertiary alicyclic amines) is 1. The molecule has 1 aliphatic carbocycles. The van der Waals surface area contributed by atoms with E-state index < -0.39 is 0 Å². The highest BCUT2D eigenvalue weighted by molar-refractivity contribution is 14.0. The summed E-state index contributed by atoms with van der Waals surface area (Å²) in [6, 6.07) is 0.728. The van der Waals surface area contributed by atoms with Gasteiger partial charge in [0.25, 0.3) is 0 Å². The standard InChI is InChI=1S/C19H38N4O.HI/c1-17-8-4-7-13-23(17)14-12-21-18(20-2)22-16-19(11-15-24-3)9-5-6-10-19;/h17H,4-16H2,1-3H3,(H2,20,21,22);1H. The zero-order chi connectivity index (χ0) is 17.3. The van der Waals surface area contributed by atoms with Gasteiger partial charge in [0, 0.05) is 46.4 Å². The van der Waals surface area contributed by atoms with Crippen molar-refractivity contribution in [3.63, 3.8) is 0 Å². The van der Waals surface area contributed by atoms with Crippen LogP contribution in [0.5, 0.6) is 0 Å². The van der Waals surface area contributed by atoms with Gasteiger partial charge in [0.1, 0.15) is 0 Å². The van der Waals surface area contributed by atoms with E-state index in [9.17, 15) is 0 Å². The van der Waals surface area contributed by atoms with Crippen LogP contribution in [-0.2, 0) is 4.74 Å². The second-order valence-corrected chi connectivity index (χ2v) is 7.68. The fraction of sp³-hybridized carbons (Fsp3) is 0.947. The maximum Gasteiger partial charge on any atom is 0.191 e. The highest BCUT2D eigenvalue weighted by Crippen LogP contribution is 2.40. The normalized spacial score (nSPS) is 24.0. The molecule has 148 valence electrons. The van der Waals surface area contributed by atoms with Crippen LogP contribution in [0.4, 0.5) is 0 Å². The molecule has 5 nitrogen and oxygen atoms in total. The molecule has 6 heteroatoms. The Labute approximate surface area is 171 Å². The maximum atomic E-state index is 5.32. The summed E-state index contributed by atoms with van der Waals surface area (Å²) in [6.45, 7) is 7.55. The molecule has 1 atom stereocenters. The number of piperidine rings is 1. The van der Waals surface area contributed by atoms with E-state index in [1.165, 1.54) is 51.5 Å². The molecule has 2 rings (SSSR count). The van der Waals surface area contributed by atoms with Crippen molar-refractivity contribution in [3.8, 4) is 0 Å². The van der Waals surface area contributed by atoms with Crippen molar-refractivity contribution in [1.82, 2.24) is 15.5 Å². The predicted molar refractivity (Wildman–Crippen MR) is 117 cm³/mol. The first kappa shape index (κ1) is 23.0. The van der Waals surface area contributed by atoms with E-state index in [1.54, 1.807) is 7.11 Å². The maximum absolute atomic E-state index is 5.32. The summed E-state index contributed by atoms with van der Waals surface area (Å²) in [5.41, 5.74) is 0.398. The van der Waals surface area contributed by atoms with Gasteiger partial charge < -0.3 is 15.4 Å². The first-order valence-corrected chi connectivity index (χ1v) is 9.87. The SMILES string of the molecule is CN=C(NCCN1CCCCC1C)NCC1(CCOC)CCCC1.I. The van der Waals surface area contributed by atoms with Gasteiger partial charge in [-0.25, -0.2) is 0 Å². The van der Waals surface area contributed by atoms with E-state index in [0.29, 0.717) is 5.41 Å². The molecule has 2 fully saturated rings. The average molecular weight is 466 g/mol. The van der Waals surface area contributed by atoms with E-state index >= 15 is 0 Å². The first-order chi connectivity index (χ1) is 11.7. The molecular formula is C19H39IN4O. The number of nitrogens with zero attached hydrogens (tertiary/aromatic N) is 2. The molecule has 1 saturated carbocycles. The zero-order valence-corrected chi connectivity index (χ0v) is 18.8. The number of guanidine groups is 1. The summed E-state index contributed by atoms with van der Waals surface area (Å²) in [7, 11) is 3.67. The van der Waals surface area contributed by atoms with Crippen molar-refractivity contribution < 1.29 is 4.74 Å². The highest BCUT2D eigenvalue weighted by Gasteiger charge is 2.33. The molecular weight excluding hydrogens is 427 g/mol. The fourth-order valence-electron chi connectivity index (χ4n) is 4.26. The molecule has 2 N–H and O–H groups in total. The molecule has 0 bridgehead atoms. The van der Waals surface area contributed by atoms with E-state index in [-0.39, 0.29) is 24.0 Å². The Bertz CT molecular complexity index is 386. The number of methoxy groups -OCH3 is 1. The Kier molecular flexibility index (Phi) is 11.3. The molecule has 1 heterocycles. The first-order valence-electron chi connectivity index (χ1n) is 9.87. The predicted octanol–water partition coefficient (Wildman–Crippen LogP) is 3.24. The largest absolute Gasteiger partial charge is 0.385 e. The van der Waals surface area contributed by atoms with Crippen LogP contribution in [0.1, 0.15) is 58.3 Å². The summed E-state index contributed by atoms with van der Waals surface area (Å²) < 4.78 is 5.32. The third kappa shape index (κ3) is 7.59. The van der Waals surface area contributed by atoms with Crippen molar-refractivity contribution >= 4 is 29.9 Å². The topological polar surface area (TPSA) is 48.9 Å². The van der Waals surface area contributed by atoms with Crippen LogP contribution in [0, 0.1) is 5.41 Å². The molecule has 0 spiro atoms. The van der Waals surface area contributed by atoms with Crippen LogP contribution in [0.15, 0.2) is 4.99 Å². The zero-order valence-electron chi connectivity index (χ0n) is 16.5. The van der Waals surface area contributed by atoms with Crippen LogP contribution in [0.2, 0.25) is 0 Å². The van der Waals surface area contributed by atoms with Gasteiger partial charge in [-0.2, -0.15) is 0 Å². The van der Waals surface area contributed by atoms with Gasteiger partial charge >= 0.3 is 0 Å². The van der Waals surface area contributed by atoms with Crippen molar-refractivity contribution in [2.24, 2.45) is 10.4 Å². The Hall–Kier alpha value is -0.0800. The summed E-state index contributed by atoms with van der Waals surface area (Å²) in [5, 5.41) is 7.08.